The predicted molar refractivity (Wildman–Crippen MR) is 164 cm³/mol. The van der Waals surface area contributed by atoms with Gasteiger partial charge >= 0.3 is 6.18 Å². The van der Waals surface area contributed by atoms with Crippen molar-refractivity contribution in [3.05, 3.63) is 71.4 Å². The summed E-state index contributed by atoms with van der Waals surface area (Å²) in [6.45, 7) is 2.42. The third-order valence-corrected chi connectivity index (χ3v) is 11.3. The van der Waals surface area contributed by atoms with Crippen LogP contribution in [0.4, 0.5) is 13.2 Å². The SMILES string of the molecule is CCc1ccc([C@H]2CCC([C@@H]3CCOc4cc(S(=O)(=O)N=C5NC=CCCS5)ccc43)CCC[C@@](O)(C(F)(F)F)C2)cc1. The lowest BCUT2D eigenvalue weighted by Gasteiger charge is -2.33. The van der Waals surface area contributed by atoms with E-state index in [0.29, 0.717) is 43.2 Å². The van der Waals surface area contributed by atoms with Gasteiger partial charge in [0, 0.05) is 11.8 Å². The number of alkyl halides is 3. The Morgan fingerprint density at radius 1 is 1.12 bits per heavy atom. The number of thioether (sulfide) groups is 1. The van der Waals surface area contributed by atoms with Crippen molar-refractivity contribution in [1.29, 1.82) is 0 Å². The van der Waals surface area contributed by atoms with E-state index in [-0.39, 0.29) is 36.0 Å². The topological polar surface area (TPSA) is 88.0 Å². The van der Waals surface area contributed by atoms with Crippen molar-refractivity contribution in [2.24, 2.45) is 10.3 Å². The number of nitrogens with one attached hydrogen (secondary N) is 1. The number of hydrogen-bond acceptors (Lipinski definition) is 5. The maximum atomic E-state index is 14.2. The molecule has 0 aromatic heterocycles. The second kappa shape index (κ2) is 13.2. The first-order valence-corrected chi connectivity index (χ1v) is 17.5. The summed E-state index contributed by atoms with van der Waals surface area (Å²) in [6, 6.07) is 12.6. The molecule has 43 heavy (non-hydrogen) atoms. The monoisotopic (exact) mass is 636 g/mol. The maximum Gasteiger partial charge on any atom is 0.417 e. The number of benzene rings is 2. The molecule has 2 aromatic carbocycles. The highest BCUT2D eigenvalue weighted by Crippen LogP contribution is 2.49. The fourth-order valence-electron chi connectivity index (χ4n) is 6.54. The molecular formula is C32H39F3N2O4S2. The first kappa shape index (κ1) is 31.9. The summed E-state index contributed by atoms with van der Waals surface area (Å²) in [4.78, 5) is 0.0373. The third kappa shape index (κ3) is 7.42. The quantitative estimate of drug-likeness (QED) is 0.355. The molecule has 1 fully saturated rings. The maximum absolute atomic E-state index is 14.2. The minimum Gasteiger partial charge on any atom is -0.493 e. The first-order chi connectivity index (χ1) is 20.5. The molecule has 0 saturated heterocycles. The van der Waals surface area contributed by atoms with Gasteiger partial charge in [-0.05, 0) is 104 Å². The Kier molecular flexibility index (Phi) is 9.83. The molecule has 1 aliphatic carbocycles. The Balaban J connectivity index is 1.40. The van der Waals surface area contributed by atoms with Crippen molar-refractivity contribution in [1.82, 2.24) is 5.32 Å². The van der Waals surface area contributed by atoms with Gasteiger partial charge in [-0.3, -0.25) is 0 Å². The number of halogens is 3. The van der Waals surface area contributed by atoms with E-state index in [1.165, 1.54) is 17.8 Å². The van der Waals surface area contributed by atoms with Gasteiger partial charge in [-0.15, -0.1) is 4.40 Å². The minimum atomic E-state index is -4.72. The van der Waals surface area contributed by atoms with Crippen molar-refractivity contribution < 1.29 is 31.4 Å². The van der Waals surface area contributed by atoms with E-state index in [1.54, 1.807) is 18.3 Å². The van der Waals surface area contributed by atoms with E-state index in [1.807, 2.05) is 37.3 Å². The van der Waals surface area contributed by atoms with Crippen LogP contribution in [0.1, 0.15) is 86.8 Å². The molecule has 2 N–H and O–H groups in total. The molecule has 1 unspecified atom stereocenters. The van der Waals surface area contributed by atoms with Crippen LogP contribution in [-0.4, -0.2) is 42.8 Å². The molecule has 11 heteroatoms. The lowest BCUT2D eigenvalue weighted by molar-refractivity contribution is -0.266. The van der Waals surface area contributed by atoms with Gasteiger partial charge in [-0.2, -0.15) is 21.6 Å². The molecule has 2 aliphatic heterocycles. The normalized spacial score (nSPS) is 28.0. The van der Waals surface area contributed by atoms with E-state index in [0.717, 1.165) is 35.3 Å². The summed E-state index contributed by atoms with van der Waals surface area (Å²) >= 11 is 1.34. The molecule has 2 heterocycles. The number of ether oxygens (including phenoxy) is 1. The summed E-state index contributed by atoms with van der Waals surface area (Å²) in [5.41, 5.74) is 0.0702. The van der Waals surface area contributed by atoms with E-state index in [4.69, 9.17) is 4.74 Å². The van der Waals surface area contributed by atoms with Crippen LogP contribution in [0.25, 0.3) is 0 Å². The largest absolute Gasteiger partial charge is 0.493 e. The van der Waals surface area contributed by atoms with Crippen LogP contribution in [0.3, 0.4) is 0 Å². The zero-order valence-corrected chi connectivity index (χ0v) is 25.9. The number of aryl methyl sites for hydroxylation is 1. The van der Waals surface area contributed by atoms with Crippen LogP contribution in [0, 0.1) is 5.92 Å². The second-order valence-electron chi connectivity index (χ2n) is 11.8. The van der Waals surface area contributed by atoms with Gasteiger partial charge in [0.1, 0.15) is 5.75 Å². The van der Waals surface area contributed by atoms with Crippen molar-refractivity contribution in [3.8, 4) is 5.75 Å². The molecule has 0 spiro atoms. The average Bonchev–Trinajstić information content (AvgIpc) is 3.20. The summed E-state index contributed by atoms with van der Waals surface area (Å²) in [5, 5.41) is 14.2. The standard InChI is InChI=1S/C32H39F3N2O4S2/c1-2-22-7-9-23(10-8-22)25-12-11-24(6-5-16-31(38,21-25)32(33,34)35)27-15-18-41-29-20-26(13-14-28(27)29)43(39,40)37-30-36-17-3-4-19-42-30/h3,7-10,13-14,17,20,24-25,27,38H,2,4-6,11-12,15-16,18-19,21H2,1H3,(H,36,37)/t24?,25-,27-,31-/m0/s1. The van der Waals surface area contributed by atoms with Crippen molar-refractivity contribution in [2.45, 2.75) is 93.2 Å². The highest BCUT2D eigenvalue weighted by Gasteiger charge is 2.54. The molecule has 2 aromatic rings. The van der Waals surface area contributed by atoms with Gasteiger partial charge in [0.05, 0.1) is 11.5 Å². The molecule has 4 atom stereocenters. The minimum absolute atomic E-state index is 0.0104. The number of nitrogens with zero attached hydrogens (tertiary/aromatic N) is 1. The smallest absolute Gasteiger partial charge is 0.417 e. The number of fused-ring (bicyclic) bond motifs is 1. The van der Waals surface area contributed by atoms with Crippen LogP contribution in [0.5, 0.6) is 5.75 Å². The summed E-state index contributed by atoms with van der Waals surface area (Å²) in [5.74, 6) is 0.846. The fraction of sp³-hybridized carbons (Fsp3) is 0.531. The number of sulfonamides is 1. The Hall–Kier alpha value is -2.50. The number of rotatable bonds is 5. The molecule has 3 aliphatic rings. The summed E-state index contributed by atoms with van der Waals surface area (Å²) in [7, 11) is -3.98. The van der Waals surface area contributed by atoms with Gasteiger partial charge in [-0.1, -0.05) is 55.1 Å². The molecule has 0 radical (unpaired) electrons. The Morgan fingerprint density at radius 2 is 1.91 bits per heavy atom. The fourth-order valence-corrected chi connectivity index (χ4v) is 8.52. The average molecular weight is 637 g/mol. The number of aliphatic hydroxyl groups is 1. The van der Waals surface area contributed by atoms with Gasteiger partial charge in [0.15, 0.2) is 10.8 Å². The van der Waals surface area contributed by atoms with Crippen molar-refractivity contribution in [2.75, 3.05) is 12.4 Å². The van der Waals surface area contributed by atoms with E-state index in [2.05, 4.69) is 9.71 Å². The van der Waals surface area contributed by atoms with Gasteiger partial charge in [0.2, 0.25) is 0 Å². The molecule has 0 bridgehead atoms. The van der Waals surface area contributed by atoms with Crippen molar-refractivity contribution >= 4 is 27.0 Å². The predicted octanol–water partition coefficient (Wildman–Crippen LogP) is 7.45. The lowest BCUT2D eigenvalue weighted by Crippen LogP contribution is -2.46. The molecule has 1 saturated carbocycles. The third-order valence-electron chi connectivity index (χ3n) is 9.01. The van der Waals surface area contributed by atoms with Crippen LogP contribution in [0.15, 0.2) is 64.0 Å². The second-order valence-corrected chi connectivity index (χ2v) is 14.4. The summed E-state index contributed by atoms with van der Waals surface area (Å²) < 4.78 is 78.7. The van der Waals surface area contributed by atoms with E-state index < -0.39 is 27.7 Å². The van der Waals surface area contributed by atoms with E-state index in [9.17, 15) is 26.7 Å². The first-order valence-electron chi connectivity index (χ1n) is 15.0. The highest BCUT2D eigenvalue weighted by molar-refractivity contribution is 8.14. The Bertz CT molecular complexity index is 1440. The Morgan fingerprint density at radius 3 is 2.65 bits per heavy atom. The number of hydrogen-bond donors (Lipinski definition) is 2. The van der Waals surface area contributed by atoms with Gasteiger partial charge in [-0.25, -0.2) is 0 Å². The van der Waals surface area contributed by atoms with Crippen LogP contribution >= 0.6 is 11.8 Å². The number of allylic oxidation sites excluding steroid dienone is 1. The number of amidine groups is 1. The van der Waals surface area contributed by atoms with Crippen LogP contribution in [0.2, 0.25) is 0 Å². The van der Waals surface area contributed by atoms with Gasteiger partial charge in [0.25, 0.3) is 10.0 Å². The van der Waals surface area contributed by atoms with Crippen LogP contribution < -0.4 is 10.1 Å². The summed E-state index contributed by atoms with van der Waals surface area (Å²) in [6.07, 6.45) is 2.53. The molecule has 6 nitrogen and oxygen atoms in total. The Labute approximate surface area is 256 Å². The zero-order valence-electron chi connectivity index (χ0n) is 24.3. The highest BCUT2D eigenvalue weighted by atomic mass is 32.2. The molecule has 0 amide bonds. The van der Waals surface area contributed by atoms with Gasteiger partial charge < -0.3 is 15.2 Å². The van der Waals surface area contributed by atoms with Crippen LogP contribution in [-0.2, 0) is 16.4 Å². The molecule has 234 valence electrons. The van der Waals surface area contributed by atoms with Crippen molar-refractivity contribution in [3.63, 3.8) is 0 Å². The lowest BCUT2D eigenvalue weighted by atomic mass is 9.76. The molecular weight excluding hydrogens is 597 g/mol. The zero-order chi connectivity index (χ0) is 30.7. The molecule has 5 rings (SSSR count). The van der Waals surface area contributed by atoms with E-state index >= 15 is 0 Å².